The van der Waals surface area contributed by atoms with Crippen LogP contribution >= 0.6 is 0 Å². The summed E-state index contributed by atoms with van der Waals surface area (Å²) in [6.45, 7) is 0. The van der Waals surface area contributed by atoms with E-state index >= 15 is 0 Å². The van der Waals surface area contributed by atoms with Crippen LogP contribution in [0.15, 0.2) is 18.2 Å². The van der Waals surface area contributed by atoms with Gasteiger partial charge in [0.1, 0.15) is 5.75 Å². The quantitative estimate of drug-likeness (QED) is 0.646. The van der Waals surface area contributed by atoms with E-state index in [0.29, 0.717) is 12.8 Å². The van der Waals surface area contributed by atoms with Gasteiger partial charge in [0.05, 0.1) is 10.3 Å². The number of benzene rings is 1. The number of carboxylic acids is 1. The summed E-state index contributed by atoms with van der Waals surface area (Å²) >= 11 is 0. The Labute approximate surface area is 109 Å². The molecule has 0 unspecified atom stereocenters. The third-order valence-corrected chi connectivity index (χ3v) is 3.82. The van der Waals surface area contributed by atoms with E-state index in [1.54, 1.807) is 0 Å². The Balaban J connectivity index is 2.55. The van der Waals surface area contributed by atoms with Gasteiger partial charge in [-0.25, -0.2) is 0 Å². The zero-order valence-electron chi connectivity index (χ0n) is 10.3. The summed E-state index contributed by atoms with van der Waals surface area (Å²) in [7, 11) is 0. The van der Waals surface area contributed by atoms with Crippen LogP contribution in [0, 0.1) is 10.1 Å². The molecular formula is C13H15NO5. The SMILES string of the molecule is O=C(O)C1(c2cc([N+](=O)[O-])ccc2O)CCCCC1. The highest BCUT2D eigenvalue weighted by molar-refractivity contribution is 5.83. The van der Waals surface area contributed by atoms with Crippen molar-refractivity contribution in [2.45, 2.75) is 37.5 Å². The molecule has 2 N–H and O–H groups in total. The molecule has 1 aromatic carbocycles. The fourth-order valence-electron chi connectivity index (χ4n) is 2.77. The molecule has 0 aromatic heterocycles. The highest BCUT2D eigenvalue weighted by Gasteiger charge is 2.43. The van der Waals surface area contributed by atoms with Gasteiger partial charge in [-0.2, -0.15) is 0 Å². The monoisotopic (exact) mass is 265 g/mol. The van der Waals surface area contributed by atoms with E-state index < -0.39 is 16.3 Å². The van der Waals surface area contributed by atoms with E-state index in [0.717, 1.165) is 19.3 Å². The molecule has 0 radical (unpaired) electrons. The first kappa shape index (κ1) is 13.3. The zero-order valence-corrected chi connectivity index (χ0v) is 10.3. The normalized spacial score (nSPS) is 17.9. The molecule has 0 aliphatic heterocycles. The van der Waals surface area contributed by atoms with Gasteiger partial charge in [0.25, 0.3) is 5.69 Å². The molecule has 1 fully saturated rings. The predicted octanol–water partition coefficient (Wildman–Crippen LogP) is 2.59. The van der Waals surface area contributed by atoms with Crippen LogP contribution in [0.3, 0.4) is 0 Å². The lowest BCUT2D eigenvalue weighted by Crippen LogP contribution is -2.37. The van der Waals surface area contributed by atoms with Crippen molar-refractivity contribution in [1.82, 2.24) is 0 Å². The topological polar surface area (TPSA) is 101 Å². The molecule has 0 heterocycles. The lowest BCUT2D eigenvalue weighted by Gasteiger charge is -2.33. The standard InChI is InChI=1S/C13H15NO5/c15-11-5-4-9(14(18)19)8-10(11)13(12(16)17)6-2-1-3-7-13/h4-5,8,15H,1-3,6-7H2,(H,16,17). The number of nitro benzene ring substituents is 1. The third kappa shape index (κ3) is 2.25. The molecule has 1 aliphatic carbocycles. The van der Waals surface area contributed by atoms with Gasteiger partial charge in [-0.1, -0.05) is 19.3 Å². The Morgan fingerprint density at radius 1 is 1.26 bits per heavy atom. The molecular weight excluding hydrogens is 250 g/mol. The highest BCUT2D eigenvalue weighted by atomic mass is 16.6. The molecule has 0 saturated heterocycles. The number of aromatic hydroxyl groups is 1. The van der Waals surface area contributed by atoms with E-state index in [-0.39, 0.29) is 17.0 Å². The van der Waals surface area contributed by atoms with Crippen LogP contribution in [-0.2, 0) is 10.2 Å². The number of hydrogen-bond donors (Lipinski definition) is 2. The van der Waals surface area contributed by atoms with Crippen molar-refractivity contribution in [1.29, 1.82) is 0 Å². The first-order valence-electron chi connectivity index (χ1n) is 6.19. The Kier molecular flexibility index (Phi) is 3.42. The Morgan fingerprint density at radius 2 is 1.89 bits per heavy atom. The fourth-order valence-corrected chi connectivity index (χ4v) is 2.77. The summed E-state index contributed by atoms with van der Waals surface area (Å²) in [5, 5.41) is 30.2. The van der Waals surface area contributed by atoms with Gasteiger partial charge in [-0.3, -0.25) is 14.9 Å². The Hall–Kier alpha value is -2.11. The molecule has 102 valence electrons. The summed E-state index contributed by atoms with van der Waals surface area (Å²) < 4.78 is 0. The van der Waals surface area contributed by atoms with Crippen molar-refractivity contribution in [3.05, 3.63) is 33.9 Å². The summed E-state index contributed by atoms with van der Waals surface area (Å²) in [5.41, 5.74) is -1.23. The maximum atomic E-state index is 11.6. The molecule has 2 rings (SSSR count). The van der Waals surface area contributed by atoms with E-state index in [1.807, 2.05) is 0 Å². The number of phenolic OH excluding ortho intramolecular Hbond substituents is 1. The van der Waals surface area contributed by atoms with Crippen LogP contribution in [0.5, 0.6) is 5.75 Å². The number of nitrogens with zero attached hydrogens (tertiary/aromatic N) is 1. The lowest BCUT2D eigenvalue weighted by molar-refractivity contribution is -0.385. The average Bonchev–Trinajstić information content (AvgIpc) is 2.39. The second-order valence-electron chi connectivity index (χ2n) is 4.91. The lowest BCUT2D eigenvalue weighted by atomic mass is 9.69. The van der Waals surface area contributed by atoms with Crippen LogP contribution in [0.1, 0.15) is 37.7 Å². The maximum absolute atomic E-state index is 11.6. The summed E-state index contributed by atoms with van der Waals surface area (Å²) in [6.07, 6.45) is 3.24. The predicted molar refractivity (Wildman–Crippen MR) is 67.2 cm³/mol. The number of aliphatic carboxylic acids is 1. The van der Waals surface area contributed by atoms with Crippen LogP contribution in [-0.4, -0.2) is 21.1 Å². The molecule has 6 nitrogen and oxygen atoms in total. The summed E-state index contributed by atoms with van der Waals surface area (Å²) in [4.78, 5) is 21.8. The van der Waals surface area contributed by atoms with Gasteiger partial charge in [0, 0.05) is 17.7 Å². The van der Waals surface area contributed by atoms with Gasteiger partial charge in [0.2, 0.25) is 0 Å². The second-order valence-corrected chi connectivity index (χ2v) is 4.91. The minimum Gasteiger partial charge on any atom is -0.508 e. The molecule has 1 aromatic rings. The third-order valence-electron chi connectivity index (χ3n) is 3.82. The number of hydrogen-bond acceptors (Lipinski definition) is 4. The molecule has 0 amide bonds. The van der Waals surface area contributed by atoms with Crippen LogP contribution in [0.2, 0.25) is 0 Å². The van der Waals surface area contributed by atoms with Gasteiger partial charge in [-0.05, 0) is 18.9 Å². The van der Waals surface area contributed by atoms with Crippen molar-refractivity contribution in [2.24, 2.45) is 0 Å². The molecule has 1 saturated carbocycles. The number of phenols is 1. The van der Waals surface area contributed by atoms with E-state index in [4.69, 9.17) is 0 Å². The van der Waals surface area contributed by atoms with Gasteiger partial charge in [-0.15, -0.1) is 0 Å². The van der Waals surface area contributed by atoms with Gasteiger partial charge < -0.3 is 10.2 Å². The molecule has 0 spiro atoms. The molecule has 19 heavy (non-hydrogen) atoms. The Bertz CT molecular complexity index is 520. The van der Waals surface area contributed by atoms with Crippen molar-refractivity contribution >= 4 is 11.7 Å². The Morgan fingerprint density at radius 3 is 2.42 bits per heavy atom. The largest absolute Gasteiger partial charge is 0.508 e. The zero-order chi connectivity index (χ0) is 14.0. The maximum Gasteiger partial charge on any atom is 0.314 e. The first-order chi connectivity index (χ1) is 8.97. The van der Waals surface area contributed by atoms with Crippen LogP contribution in [0.4, 0.5) is 5.69 Å². The molecule has 0 bridgehead atoms. The van der Waals surface area contributed by atoms with Crippen molar-refractivity contribution < 1.29 is 19.9 Å². The van der Waals surface area contributed by atoms with Crippen molar-refractivity contribution in [3.63, 3.8) is 0 Å². The van der Waals surface area contributed by atoms with E-state index in [9.17, 15) is 25.1 Å². The minimum atomic E-state index is -1.20. The number of carbonyl (C=O) groups is 1. The molecule has 0 atom stereocenters. The van der Waals surface area contributed by atoms with Gasteiger partial charge in [0.15, 0.2) is 0 Å². The molecule has 6 heteroatoms. The number of carboxylic acid groups (broad SMARTS) is 1. The summed E-state index contributed by atoms with van der Waals surface area (Å²) in [6, 6.07) is 3.57. The molecule has 1 aliphatic rings. The van der Waals surface area contributed by atoms with Crippen LogP contribution in [0.25, 0.3) is 0 Å². The second kappa shape index (κ2) is 4.87. The van der Waals surface area contributed by atoms with E-state index in [1.165, 1.54) is 18.2 Å². The highest BCUT2D eigenvalue weighted by Crippen LogP contribution is 2.44. The number of rotatable bonds is 3. The smallest absolute Gasteiger partial charge is 0.314 e. The average molecular weight is 265 g/mol. The minimum absolute atomic E-state index is 0.161. The van der Waals surface area contributed by atoms with Crippen molar-refractivity contribution in [3.8, 4) is 5.75 Å². The number of nitro groups is 1. The van der Waals surface area contributed by atoms with E-state index in [2.05, 4.69) is 0 Å². The first-order valence-corrected chi connectivity index (χ1v) is 6.19. The van der Waals surface area contributed by atoms with Gasteiger partial charge >= 0.3 is 5.97 Å². The van der Waals surface area contributed by atoms with Crippen molar-refractivity contribution in [2.75, 3.05) is 0 Å². The summed E-state index contributed by atoms with van der Waals surface area (Å²) in [5.74, 6) is -1.21. The number of non-ortho nitro benzene ring substituents is 1. The van der Waals surface area contributed by atoms with Crippen LogP contribution < -0.4 is 0 Å². The fraction of sp³-hybridized carbons (Fsp3) is 0.462.